The van der Waals surface area contributed by atoms with Crippen molar-refractivity contribution in [1.29, 1.82) is 0 Å². The van der Waals surface area contributed by atoms with Gasteiger partial charge in [0.25, 0.3) is 5.91 Å². The molecule has 0 spiro atoms. The first-order valence-corrected chi connectivity index (χ1v) is 10.5. The molecule has 0 radical (unpaired) electrons. The zero-order valence-corrected chi connectivity index (χ0v) is 17.8. The van der Waals surface area contributed by atoms with E-state index in [2.05, 4.69) is 4.99 Å². The molecule has 7 heteroatoms. The second kappa shape index (κ2) is 10.2. The lowest BCUT2D eigenvalue weighted by Gasteiger charge is -2.06. The molecule has 0 aliphatic heterocycles. The Morgan fingerprint density at radius 2 is 1.83 bits per heavy atom. The second-order valence-electron chi connectivity index (χ2n) is 6.33. The molecule has 1 aromatic heterocycles. The Hall–Kier alpha value is -2.64. The van der Waals surface area contributed by atoms with Crippen LogP contribution >= 0.6 is 11.3 Å². The van der Waals surface area contributed by atoms with E-state index in [0.717, 1.165) is 27.3 Å². The molecule has 0 N–H and O–H groups in total. The molecule has 1 heterocycles. The summed E-state index contributed by atoms with van der Waals surface area (Å²) in [5.41, 5.74) is 1.93. The van der Waals surface area contributed by atoms with Crippen molar-refractivity contribution in [2.24, 2.45) is 4.99 Å². The molecule has 0 saturated heterocycles. The number of nitrogens with zero attached hydrogens (tertiary/aromatic N) is 2. The van der Waals surface area contributed by atoms with Crippen molar-refractivity contribution in [3.05, 3.63) is 52.8 Å². The molecule has 6 nitrogen and oxygen atoms in total. The lowest BCUT2D eigenvalue weighted by molar-refractivity contribution is -0.117. The average molecular weight is 415 g/mol. The van der Waals surface area contributed by atoms with Gasteiger partial charge in [0.1, 0.15) is 11.5 Å². The largest absolute Gasteiger partial charge is 0.497 e. The highest BCUT2D eigenvalue weighted by atomic mass is 32.1. The maximum atomic E-state index is 12.6. The number of ether oxygens (including phenoxy) is 3. The number of aromatic nitrogens is 1. The van der Waals surface area contributed by atoms with E-state index in [1.54, 1.807) is 7.11 Å². The minimum Gasteiger partial charge on any atom is -0.497 e. The number of thiazole rings is 1. The van der Waals surface area contributed by atoms with E-state index >= 15 is 0 Å². The van der Waals surface area contributed by atoms with Crippen LogP contribution in [0.15, 0.2) is 47.5 Å². The van der Waals surface area contributed by atoms with E-state index in [4.69, 9.17) is 14.2 Å². The van der Waals surface area contributed by atoms with Gasteiger partial charge >= 0.3 is 0 Å². The molecule has 0 aliphatic rings. The highest BCUT2D eigenvalue weighted by molar-refractivity contribution is 7.16. The third-order valence-electron chi connectivity index (χ3n) is 4.36. The molecule has 0 aliphatic carbocycles. The summed E-state index contributed by atoms with van der Waals surface area (Å²) in [5.74, 6) is 1.40. The number of hydrogen-bond acceptors (Lipinski definition) is 5. The van der Waals surface area contributed by atoms with Crippen LogP contribution in [0, 0.1) is 0 Å². The number of fused-ring (bicyclic) bond motifs is 1. The minimum absolute atomic E-state index is 0.183. The molecule has 0 fully saturated rings. The van der Waals surface area contributed by atoms with Crippen molar-refractivity contribution in [1.82, 2.24) is 4.57 Å². The number of carbonyl (C=O) groups excluding carboxylic acids is 1. The van der Waals surface area contributed by atoms with Crippen LogP contribution in [0.25, 0.3) is 10.2 Å². The highest BCUT2D eigenvalue weighted by Crippen LogP contribution is 2.23. The number of amides is 1. The van der Waals surface area contributed by atoms with Gasteiger partial charge in [-0.3, -0.25) is 4.79 Å². The predicted octanol–water partition coefficient (Wildman–Crippen LogP) is 3.82. The number of hydrogen-bond donors (Lipinski definition) is 0. The van der Waals surface area contributed by atoms with E-state index in [9.17, 15) is 4.79 Å². The smallest absolute Gasteiger partial charge is 0.252 e. The van der Waals surface area contributed by atoms with Gasteiger partial charge < -0.3 is 18.8 Å². The van der Waals surface area contributed by atoms with Gasteiger partial charge in [0.2, 0.25) is 0 Å². The van der Waals surface area contributed by atoms with Gasteiger partial charge in [0.05, 0.1) is 37.0 Å². The molecular formula is C22H26N2O4S. The summed E-state index contributed by atoms with van der Waals surface area (Å²) in [6.45, 7) is 6.39. The van der Waals surface area contributed by atoms with Gasteiger partial charge in [-0.15, -0.1) is 0 Å². The Balaban J connectivity index is 1.91. The van der Waals surface area contributed by atoms with E-state index in [0.29, 0.717) is 31.2 Å². The zero-order chi connectivity index (χ0) is 20.6. The molecule has 3 rings (SSSR count). The van der Waals surface area contributed by atoms with E-state index < -0.39 is 0 Å². The van der Waals surface area contributed by atoms with E-state index in [1.165, 1.54) is 11.3 Å². The maximum absolute atomic E-state index is 12.6. The quantitative estimate of drug-likeness (QED) is 0.500. The monoisotopic (exact) mass is 414 g/mol. The predicted molar refractivity (Wildman–Crippen MR) is 115 cm³/mol. The second-order valence-corrected chi connectivity index (χ2v) is 7.34. The fourth-order valence-electron chi connectivity index (χ4n) is 2.98. The van der Waals surface area contributed by atoms with E-state index in [-0.39, 0.29) is 12.3 Å². The van der Waals surface area contributed by atoms with Crippen LogP contribution in [-0.4, -0.2) is 37.4 Å². The van der Waals surface area contributed by atoms with Crippen molar-refractivity contribution >= 4 is 27.5 Å². The summed E-state index contributed by atoms with van der Waals surface area (Å²) in [7, 11) is 1.62. The first-order valence-electron chi connectivity index (χ1n) is 9.69. The Kier molecular flexibility index (Phi) is 7.43. The molecule has 29 heavy (non-hydrogen) atoms. The van der Waals surface area contributed by atoms with Crippen molar-refractivity contribution < 1.29 is 19.0 Å². The van der Waals surface area contributed by atoms with Gasteiger partial charge in [-0.05, 0) is 49.7 Å². The lowest BCUT2D eigenvalue weighted by atomic mass is 10.1. The van der Waals surface area contributed by atoms with E-state index in [1.807, 2.05) is 60.9 Å². The van der Waals surface area contributed by atoms with Crippen molar-refractivity contribution in [2.45, 2.75) is 26.8 Å². The van der Waals surface area contributed by atoms with Crippen LogP contribution in [0.5, 0.6) is 11.5 Å². The number of carbonyl (C=O) groups is 1. The highest BCUT2D eigenvalue weighted by Gasteiger charge is 2.10. The third-order valence-corrected chi connectivity index (χ3v) is 5.40. The lowest BCUT2D eigenvalue weighted by Crippen LogP contribution is -2.20. The van der Waals surface area contributed by atoms with Crippen LogP contribution in [0.3, 0.4) is 0 Å². The van der Waals surface area contributed by atoms with Crippen LogP contribution < -0.4 is 14.3 Å². The summed E-state index contributed by atoms with van der Waals surface area (Å²) in [6, 6.07) is 13.4. The van der Waals surface area contributed by atoms with Gasteiger partial charge in [0, 0.05) is 13.2 Å². The normalized spacial score (nSPS) is 11.8. The molecule has 3 aromatic rings. The number of methoxy groups -OCH3 is 1. The van der Waals surface area contributed by atoms with Gasteiger partial charge in [-0.2, -0.15) is 4.99 Å². The summed E-state index contributed by atoms with van der Waals surface area (Å²) < 4.78 is 19.4. The van der Waals surface area contributed by atoms with Crippen LogP contribution in [0.1, 0.15) is 19.4 Å². The Labute approximate surface area is 174 Å². The van der Waals surface area contributed by atoms with Crippen LogP contribution in [0.2, 0.25) is 0 Å². The fourth-order valence-corrected chi connectivity index (χ4v) is 4.08. The third kappa shape index (κ3) is 5.46. The standard InChI is InChI=1S/C22H26N2O4S/c1-4-27-13-12-24-19-11-10-18(28-5-2)15-20(19)29-22(24)23-21(25)14-16-6-8-17(26-3)9-7-16/h6-11,15H,4-5,12-14H2,1-3H3. The molecule has 0 saturated carbocycles. The average Bonchev–Trinajstić information content (AvgIpc) is 3.05. The Morgan fingerprint density at radius 3 is 2.52 bits per heavy atom. The molecule has 0 bridgehead atoms. The topological polar surface area (TPSA) is 62.1 Å². The number of rotatable bonds is 9. The maximum Gasteiger partial charge on any atom is 0.252 e. The molecular weight excluding hydrogens is 388 g/mol. The van der Waals surface area contributed by atoms with Crippen molar-refractivity contribution in [2.75, 3.05) is 26.9 Å². The fraction of sp³-hybridized carbons (Fsp3) is 0.364. The minimum atomic E-state index is -0.183. The zero-order valence-electron chi connectivity index (χ0n) is 17.0. The molecule has 1 amide bonds. The molecule has 154 valence electrons. The molecule has 0 unspecified atom stereocenters. The first-order chi connectivity index (χ1) is 14.1. The van der Waals surface area contributed by atoms with Crippen molar-refractivity contribution in [3.63, 3.8) is 0 Å². The van der Waals surface area contributed by atoms with Gasteiger partial charge in [-0.25, -0.2) is 0 Å². The Bertz CT molecular complexity index is 1020. The first kappa shape index (κ1) is 21.1. The molecule has 2 aromatic carbocycles. The molecule has 0 atom stereocenters. The number of benzene rings is 2. The van der Waals surface area contributed by atoms with Gasteiger partial charge in [-0.1, -0.05) is 23.5 Å². The van der Waals surface area contributed by atoms with Crippen LogP contribution in [-0.2, 0) is 22.5 Å². The summed E-state index contributed by atoms with van der Waals surface area (Å²) in [5, 5.41) is 0. The summed E-state index contributed by atoms with van der Waals surface area (Å²) in [6.07, 6.45) is 0.244. The van der Waals surface area contributed by atoms with Gasteiger partial charge in [0.15, 0.2) is 4.80 Å². The Morgan fingerprint density at radius 1 is 1.07 bits per heavy atom. The summed E-state index contributed by atoms with van der Waals surface area (Å²) >= 11 is 1.49. The van der Waals surface area contributed by atoms with Crippen molar-refractivity contribution in [3.8, 4) is 11.5 Å². The summed E-state index contributed by atoms with van der Waals surface area (Å²) in [4.78, 5) is 17.7. The van der Waals surface area contributed by atoms with Crippen LogP contribution in [0.4, 0.5) is 0 Å². The SMILES string of the molecule is CCOCCn1c(=NC(=O)Cc2ccc(OC)cc2)sc2cc(OCC)ccc21.